The molecule has 6 heteroatoms. The minimum absolute atomic E-state index is 0.0159. The molecule has 0 unspecified atom stereocenters. The molecular formula is C12H9BrFN3O. The van der Waals surface area contributed by atoms with Gasteiger partial charge >= 0.3 is 0 Å². The maximum atomic E-state index is 13.6. The van der Waals surface area contributed by atoms with E-state index in [-0.39, 0.29) is 11.4 Å². The summed E-state index contributed by atoms with van der Waals surface area (Å²) in [6, 6.07) is 4.47. The normalized spacial score (nSPS) is 10.2. The van der Waals surface area contributed by atoms with Crippen molar-refractivity contribution >= 4 is 27.7 Å². The Morgan fingerprint density at radius 2 is 2.11 bits per heavy atom. The smallest absolute Gasteiger partial charge is 0.260 e. The molecule has 1 aromatic heterocycles. The summed E-state index contributed by atoms with van der Waals surface area (Å²) in [5, 5.41) is 2.49. The third-order valence-electron chi connectivity index (χ3n) is 2.31. The van der Waals surface area contributed by atoms with Crippen LogP contribution >= 0.6 is 15.9 Å². The maximum Gasteiger partial charge on any atom is 0.260 e. The first kappa shape index (κ1) is 12.6. The van der Waals surface area contributed by atoms with Gasteiger partial charge in [0.15, 0.2) is 5.82 Å². The number of benzene rings is 1. The summed E-state index contributed by atoms with van der Waals surface area (Å²) in [6.07, 6.45) is 2.84. The summed E-state index contributed by atoms with van der Waals surface area (Å²) in [5.41, 5.74) is 0.583. The van der Waals surface area contributed by atoms with Gasteiger partial charge in [0.1, 0.15) is 10.4 Å². The molecule has 1 heterocycles. The van der Waals surface area contributed by atoms with Crippen LogP contribution < -0.4 is 5.32 Å². The lowest BCUT2D eigenvalue weighted by Crippen LogP contribution is -2.16. The van der Waals surface area contributed by atoms with E-state index in [9.17, 15) is 9.18 Å². The Bertz CT molecular complexity index is 566. The zero-order chi connectivity index (χ0) is 13.1. The van der Waals surface area contributed by atoms with E-state index in [0.717, 1.165) is 0 Å². The maximum absolute atomic E-state index is 13.6. The topological polar surface area (TPSA) is 54.9 Å². The molecule has 92 valence electrons. The summed E-state index contributed by atoms with van der Waals surface area (Å²) < 4.78 is 14.1. The molecule has 0 radical (unpaired) electrons. The van der Waals surface area contributed by atoms with Crippen molar-refractivity contribution < 1.29 is 9.18 Å². The molecule has 0 fully saturated rings. The van der Waals surface area contributed by atoms with Crippen molar-refractivity contribution in [2.75, 3.05) is 5.32 Å². The molecule has 0 aliphatic carbocycles. The van der Waals surface area contributed by atoms with E-state index in [2.05, 4.69) is 31.2 Å². The number of hydrogen-bond acceptors (Lipinski definition) is 3. The highest BCUT2D eigenvalue weighted by molar-refractivity contribution is 9.10. The Hall–Kier alpha value is -1.82. The first-order chi connectivity index (χ1) is 8.58. The molecule has 1 amide bonds. The molecule has 0 aliphatic rings. The summed E-state index contributed by atoms with van der Waals surface area (Å²) in [6.45, 7) is 1.67. The molecule has 0 saturated carbocycles. The second-order valence-corrected chi connectivity index (χ2v) is 4.42. The molecule has 1 N–H and O–H groups in total. The molecular weight excluding hydrogens is 301 g/mol. The molecule has 0 bridgehead atoms. The largest absolute Gasteiger partial charge is 0.305 e. The van der Waals surface area contributed by atoms with Gasteiger partial charge in [-0.2, -0.15) is 0 Å². The molecule has 2 rings (SSSR count). The number of nitrogens with one attached hydrogen (secondary N) is 1. The third kappa shape index (κ3) is 2.70. The highest BCUT2D eigenvalue weighted by Gasteiger charge is 2.14. The van der Waals surface area contributed by atoms with Crippen molar-refractivity contribution in [3.63, 3.8) is 0 Å². The van der Waals surface area contributed by atoms with Crippen molar-refractivity contribution in [3.05, 3.63) is 52.1 Å². The van der Waals surface area contributed by atoms with Crippen LogP contribution in [0.3, 0.4) is 0 Å². The van der Waals surface area contributed by atoms with E-state index in [4.69, 9.17) is 0 Å². The van der Waals surface area contributed by atoms with Crippen LogP contribution in [0.2, 0.25) is 0 Å². The first-order valence-corrected chi connectivity index (χ1v) is 5.91. The number of anilines is 1. The van der Waals surface area contributed by atoms with E-state index >= 15 is 0 Å². The summed E-state index contributed by atoms with van der Waals surface area (Å²) in [7, 11) is 0. The van der Waals surface area contributed by atoms with Gasteiger partial charge in [-0.1, -0.05) is 12.1 Å². The van der Waals surface area contributed by atoms with Crippen molar-refractivity contribution in [3.8, 4) is 0 Å². The number of rotatable bonds is 2. The molecule has 0 spiro atoms. The standard InChI is InChI=1S/C12H9BrFN3O/c1-7-3-2-4-8(14)11(7)12(18)17-10-6-15-9(13)5-16-10/h2-6H,1H3,(H,16,17,18). The van der Waals surface area contributed by atoms with Crippen LogP contribution in [0.5, 0.6) is 0 Å². The third-order valence-corrected chi connectivity index (χ3v) is 2.72. The second kappa shape index (κ2) is 5.22. The van der Waals surface area contributed by atoms with Gasteiger partial charge < -0.3 is 5.32 Å². The van der Waals surface area contributed by atoms with Gasteiger partial charge in [0.2, 0.25) is 0 Å². The number of amides is 1. The van der Waals surface area contributed by atoms with E-state index in [1.54, 1.807) is 19.1 Å². The number of aromatic nitrogens is 2. The number of carbonyl (C=O) groups is 1. The number of carbonyl (C=O) groups excluding carboxylic acids is 1. The number of hydrogen-bond donors (Lipinski definition) is 1. The van der Waals surface area contributed by atoms with Crippen LogP contribution in [0.4, 0.5) is 10.2 Å². The van der Waals surface area contributed by atoms with E-state index in [1.165, 1.54) is 18.5 Å². The molecule has 0 atom stereocenters. The second-order valence-electron chi connectivity index (χ2n) is 3.61. The van der Waals surface area contributed by atoms with Crippen molar-refractivity contribution in [2.24, 2.45) is 0 Å². The minimum atomic E-state index is -0.558. The zero-order valence-corrected chi connectivity index (χ0v) is 11.0. The van der Waals surface area contributed by atoms with Gasteiger partial charge in [0.25, 0.3) is 5.91 Å². The van der Waals surface area contributed by atoms with Gasteiger partial charge in [-0.15, -0.1) is 0 Å². The Labute approximate surface area is 111 Å². The molecule has 18 heavy (non-hydrogen) atoms. The minimum Gasteiger partial charge on any atom is -0.305 e. The average Bonchev–Trinajstić information content (AvgIpc) is 2.32. The number of nitrogens with zero attached hydrogens (tertiary/aromatic N) is 2. The SMILES string of the molecule is Cc1cccc(F)c1C(=O)Nc1cnc(Br)cn1. The number of aryl methyl sites for hydroxylation is 1. The Kier molecular flexibility index (Phi) is 3.66. The predicted octanol–water partition coefficient (Wildman–Crippen LogP) is 2.94. The van der Waals surface area contributed by atoms with Gasteiger partial charge in [-0.25, -0.2) is 14.4 Å². The summed E-state index contributed by atoms with van der Waals surface area (Å²) >= 11 is 3.13. The Balaban J connectivity index is 2.25. The van der Waals surface area contributed by atoms with Crippen LogP contribution in [-0.2, 0) is 0 Å². The summed E-state index contributed by atoms with van der Waals surface area (Å²) in [4.78, 5) is 19.8. The molecule has 0 aliphatic heterocycles. The fourth-order valence-corrected chi connectivity index (χ4v) is 1.68. The fourth-order valence-electron chi connectivity index (χ4n) is 1.48. The highest BCUT2D eigenvalue weighted by atomic mass is 79.9. The fraction of sp³-hybridized carbons (Fsp3) is 0.0833. The average molecular weight is 310 g/mol. The summed E-state index contributed by atoms with van der Waals surface area (Å²) in [5.74, 6) is -0.828. The lowest BCUT2D eigenvalue weighted by Gasteiger charge is -2.07. The van der Waals surface area contributed by atoms with E-state index < -0.39 is 11.7 Å². The lowest BCUT2D eigenvalue weighted by atomic mass is 10.1. The van der Waals surface area contributed by atoms with E-state index in [1.807, 2.05) is 0 Å². The zero-order valence-electron chi connectivity index (χ0n) is 9.45. The van der Waals surface area contributed by atoms with Crippen molar-refractivity contribution in [1.82, 2.24) is 9.97 Å². The Morgan fingerprint density at radius 1 is 1.33 bits per heavy atom. The van der Waals surface area contributed by atoms with Crippen LogP contribution in [0.25, 0.3) is 0 Å². The molecule has 1 aromatic carbocycles. The van der Waals surface area contributed by atoms with Gasteiger partial charge in [-0.05, 0) is 34.5 Å². The quantitative estimate of drug-likeness (QED) is 0.928. The monoisotopic (exact) mass is 309 g/mol. The first-order valence-electron chi connectivity index (χ1n) is 5.12. The lowest BCUT2D eigenvalue weighted by molar-refractivity contribution is 0.102. The highest BCUT2D eigenvalue weighted by Crippen LogP contribution is 2.14. The van der Waals surface area contributed by atoms with Crippen molar-refractivity contribution in [2.45, 2.75) is 6.92 Å². The van der Waals surface area contributed by atoms with Crippen LogP contribution in [0, 0.1) is 12.7 Å². The van der Waals surface area contributed by atoms with Gasteiger partial charge in [-0.3, -0.25) is 4.79 Å². The molecule has 0 saturated heterocycles. The number of halogens is 2. The molecule has 2 aromatic rings. The van der Waals surface area contributed by atoms with Gasteiger partial charge in [0, 0.05) is 0 Å². The van der Waals surface area contributed by atoms with Crippen molar-refractivity contribution in [1.29, 1.82) is 0 Å². The van der Waals surface area contributed by atoms with Gasteiger partial charge in [0.05, 0.1) is 18.0 Å². The van der Waals surface area contributed by atoms with Crippen LogP contribution in [0.15, 0.2) is 35.2 Å². The predicted molar refractivity (Wildman–Crippen MR) is 68.8 cm³/mol. The molecule has 4 nitrogen and oxygen atoms in total. The Morgan fingerprint density at radius 3 is 2.72 bits per heavy atom. The van der Waals surface area contributed by atoms with Crippen LogP contribution in [0.1, 0.15) is 15.9 Å². The van der Waals surface area contributed by atoms with E-state index in [0.29, 0.717) is 10.2 Å². The van der Waals surface area contributed by atoms with Crippen LogP contribution in [-0.4, -0.2) is 15.9 Å².